The highest BCUT2D eigenvalue weighted by atomic mass is 19.2. The van der Waals surface area contributed by atoms with Gasteiger partial charge in [-0.1, -0.05) is 0 Å². The van der Waals surface area contributed by atoms with Crippen LogP contribution in [0.25, 0.3) is 78.3 Å². The van der Waals surface area contributed by atoms with Gasteiger partial charge < -0.3 is 14.7 Å². The summed E-state index contributed by atoms with van der Waals surface area (Å²) in [6.07, 6.45) is 0.00193. The van der Waals surface area contributed by atoms with Crippen molar-refractivity contribution in [3.63, 3.8) is 0 Å². The Labute approximate surface area is 380 Å². The van der Waals surface area contributed by atoms with E-state index in [1.165, 1.54) is 0 Å². The van der Waals surface area contributed by atoms with Gasteiger partial charge in [0, 0.05) is 39.3 Å². The maximum absolute atomic E-state index is 15.9. The predicted octanol–water partition coefficient (Wildman–Crippen LogP) is 12.8. The Balaban J connectivity index is 1.66. The molecule has 0 amide bonds. The number of carbonyl (C=O) groups excluding carboxylic acids is 1. The Morgan fingerprint density at radius 2 is 0.653 bits per heavy atom. The lowest BCUT2D eigenvalue weighted by Gasteiger charge is -2.11. The van der Waals surface area contributed by atoms with Crippen LogP contribution < -0.4 is 4.74 Å². The summed E-state index contributed by atoms with van der Waals surface area (Å²) in [6.45, 7) is 0. The fourth-order valence-electron chi connectivity index (χ4n) is 7.62. The number of ether oxygens (including phenoxy) is 1. The summed E-state index contributed by atoms with van der Waals surface area (Å²) in [5.74, 6) is -60.8. The number of hydrogen-bond acceptors (Lipinski definition) is 6. The highest BCUT2D eigenvalue weighted by Gasteiger charge is 2.40. The van der Waals surface area contributed by atoms with Crippen LogP contribution in [0.2, 0.25) is 0 Å². The van der Waals surface area contributed by atoms with Crippen LogP contribution in [0.5, 0.6) is 5.88 Å². The largest absolute Gasteiger partial charge is 0.402 e. The zero-order chi connectivity index (χ0) is 52.6. The van der Waals surface area contributed by atoms with Crippen LogP contribution in [0.3, 0.4) is 0 Å². The van der Waals surface area contributed by atoms with E-state index in [9.17, 15) is 50.0 Å². The van der Waals surface area contributed by atoms with E-state index < -0.39 is 222 Å². The van der Waals surface area contributed by atoms with Gasteiger partial charge in [0.25, 0.3) is 5.70 Å². The van der Waals surface area contributed by atoms with Crippen molar-refractivity contribution in [3.8, 4) is 50.4 Å². The van der Waals surface area contributed by atoms with Gasteiger partial charge in [0.1, 0.15) is 0 Å². The number of H-pyrrole nitrogens is 2. The second kappa shape index (κ2) is 16.7. The van der Waals surface area contributed by atoms with Crippen molar-refractivity contribution in [1.82, 2.24) is 19.9 Å². The third-order valence-corrected chi connectivity index (χ3v) is 10.8. The molecule has 29 heteroatoms. The van der Waals surface area contributed by atoms with Gasteiger partial charge in [-0.3, -0.25) is 10.1 Å². The fourth-order valence-corrected chi connectivity index (χ4v) is 7.62. The molecule has 2 aliphatic heterocycles. The van der Waals surface area contributed by atoms with E-state index in [1.54, 1.807) is 0 Å². The van der Waals surface area contributed by atoms with Gasteiger partial charge >= 0.3 is 5.97 Å². The molecule has 0 saturated heterocycles. The maximum Gasteiger partial charge on any atom is 0.364 e. The Morgan fingerprint density at radius 3 is 1.00 bits per heavy atom. The molecule has 8 bridgehead atoms. The number of esters is 1. The number of benzene rings is 4. The number of carbonyl (C=O) groups is 1. The minimum Gasteiger partial charge on any atom is -0.402 e. The van der Waals surface area contributed by atoms with Crippen molar-refractivity contribution < 1.29 is 102 Å². The number of halogens is 20. The van der Waals surface area contributed by atoms with Gasteiger partial charge in [-0.25, -0.2) is 103 Å². The minimum absolute atomic E-state index is 0.00193. The highest BCUT2D eigenvalue weighted by molar-refractivity contribution is 6.05. The smallest absolute Gasteiger partial charge is 0.364 e. The van der Waals surface area contributed by atoms with E-state index >= 15 is 52.7 Å². The van der Waals surface area contributed by atoms with E-state index in [4.69, 9.17) is 4.74 Å². The second-order valence-corrected chi connectivity index (χ2v) is 14.6. The van der Waals surface area contributed by atoms with Crippen molar-refractivity contribution in [2.75, 3.05) is 0 Å². The Hall–Kier alpha value is -8.79. The monoisotopic (exact) mass is 1040 g/mol. The molecule has 0 fully saturated rings. The summed E-state index contributed by atoms with van der Waals surface area (Å²) in [5.41, 5.74) is -27.9. The number of hydrogen-bond donors (Lipinski definition) is 2. The van der Waals surface area contributed by atoms with Gasteiger partial charge in [-0.15, -0.1) is 0 Å². The topological polar surface area (TPSA) is 127 Å². The van der Waals surface area contributed by atoms with Crippen LogP contribution in [-0.2, 0) is 0 Å². The Kier molecular flexibility index (Phi) is 11.2. The van der Waals surface area contributed by atoms with E-state index in [2.05, 4.69) is 9.97 Å². The standard InChI is InChI=1S/C43H7F20N5O4/c44-20-16(21(45)29(53)36(60)28(20)52)12-6-1-4-9(64-6)15(19-26(50)34(58)39(63)35(59)27(19)51)42-67-41(43(69)72-42)14(18-24(48)32(56)38(62)33(57)25(18)49)8-3-2-7(65-8)13(40-11(68(70)71)5-10(12)66-40)17-22(46)30(54)37(61)31(55)23(17)47/h1-5,64-65H. The molecule has 2 aliphatic rings. The number of rotatable bonds is 5. The SMILES string of the molecule is O=C1Oc2nc1c(-c1c(F)c(F)c(F)c(F)c1F)c1ccc([nH]1)c(-c1c(F)c(F)c(F)c(F)c1F)c1nc(c(-c3c(F)c(F)c(F)c(F)c3F)c3ccc([nH]3)c2-c2c(F)c(F)c(F)c(F)c2F)C=C1[N+](=O)[O-]. The summed E-state index contributed by atoms with van der Waals surface area (Å²) in [7, 11) is 0. The van der Waals surface area contributed by atoms with Gasteiger partial charge in [0.15, 0.2) is 104 Å². The van der Waals surface area contributed by atoms with Crippen LogP contribution in [0, 0.1) is 126 Å². The average molecular weight is 1040 g/mol. The molecule has 0 unspecified atom stereocenters. The molecule has 9 nitrogen and oxygen atoms in total. The number of nitrogens with one attached hydrogen (secondary N) is 2. The van der Waals surface area contributed by atoms with Crippen LogP contribution in [0.4, 0.5) is 87.8 Å². The molecule has 5 heterocycles. The molecular formula is C43H7F20N5O4. The minimum atomic E-state index is -2.90. The third kappa shape index (κ3) is 6.76. The number of nitro groups is 1. The zero-order valence-corrected chi connectivity index (χ0v) is 33.4. The first-order valence-electron chi connectivity index (χ1n) is 18.8. The molecule has 0 saturated carbocycles. The van der Waals surface area contributed by atoms with Crippen LogP contribution >= 0.6 is 0 Å². The molecule has 4 aromatic carbocycles. The van der Waals surface area contributed by atoms with Crippen molar-refractivity contribution in [2.45, 2.75) is 0 Å². The van der Waals surface area contributed by atoms with Gasteiger partial charge in [-0.2, -0.15) is 0 Å². The van der Waals surface area contributed by atoms with Crippen molar-refractivity contribution in [1.29, 1.82) is 0 Å². The molecule has 2 N–H and O–H groups in total. The van der Waals surface area contributed by atoms with Crippen molar-refractivity contribution >= 4 is 39.8 Å². The van der Waals surface area contributed by atoms with E-state index in [0.29, 0.717) is 24.3 Å². The van der Waals surface area contributed by atoms with E-state index in [0.717, 1.165) is 0 Å². The molecule has 7 aromatic rings. The lowest BCUT2D eigenvalue weighted by Crippen LogP contribution is -2.09. The molecular weight excluding hydrogens is 1030 g/mol. The Bertz CT molecular complexity index is 3810. The van der Waals surface area contributed by atoms with Crippen LogP contribution in [-0.4, -0.2) is 30.8 Å². The number of aromatic nitrogens is 4. The molecule has 0 spiro atoms. The number of nitrogens with zero attached hydrogens (tertiary/aromatic N) is 3. The summed E-state index contributed by atoms with van der Waals surface area (Å²) in [4.78, 5) is 36.0. The molecule has 0 radical (unpaired) electrons. The quantitative estimate of drug-likeness (QED) is 0.0441. The summed E-state index contributed by atoms with van der Waals surface area (Å²) in [6, 6.07) is 1.35. The van der Waals surface area contributed by atoms with E-state index in [-0.39, 0.29) is 6.08 Å². The molecule has 9 rings (SSSR count). The van der Waals surface area contributed by atoms with Gasteiger partial charge in [0.2, 0.25) is 29.1 Å². The number of aromatic amines is 2. The zero-order valence-electron chi connectivity index (χ0n) is 33.4. The average Bonchev–Trinajstić information content (AvgIpc) is 4.19. The molecule has 3 aromatic heterocycles. The summed E-state index contributed by atoms with van der Waals surface area (Å²) in [5, 5.41) is 12.8. The first-order chi connectivity index (χ1) is 33.8. The predicted molar refractivity (Wildman–Crippen MR) is 202 cm³/mol. The molecule has 368 valence electrons. The molecule has 0 atom stereocenters. The van der Waals surface area contributed by atoms with Gasteiger partial charge in [-0.05, 0) is 24.3 Å². The lowest BCUT2D eigenvalue weighted by atomic mass is 10.00. The second-order valence-electron chi connectivity index (χ2n) is 14.6. The van der Waals surface area contributed by atoms with Crippen molar-refractivity contribution in [2.24, 2.45) is 0 Å². The highest BCUT2D eigenvalue weighted by Crippen LogP contribution is 2.46. The fraction of sp³-hybridized carbons (Fsp3) is 0. The summed E-state index contributed by atoms with van der Waals surface area (Å²) >= 11 is 0. The Morgan fingerprint density at radius 1 is 0.375 bits per heavy atom. The normalized spacial score (nSPS) is 12.5. The van der Waals surface area contributed by atoms with Gasteiger partial charge in [0.05, 0.1) is 44.0 Å². The third-order valence-electron chi connectivity index (χ3n) is 10.8. The lowest BCUT2D eigenvalue weighted by molar-refractivity contribution is -0.374. The molecule has 72 heavy (non-hydrogen) atoms. The number of fused-ring (bicyclic) bond motifs is 8. The van der Waals surface area contributed by atoms with Crippen LogP contribution in [0.15, 0.2) is 24.3 Å². The maximum atomic E-state index is 15.9. The molecule has 0 aliphatic carbocycles. The summed E-state index contributed by atoms with van der Waals surface area (Å²) < 4.78 is 309. The van der Waals surface area contributed by atoms with Crippen molar-refractivity contribution in [3.05, 3.63) is 168 Å². The first kappa shape index (κ1) is 48.2. The first-order valence-corrected chi connectivity index (χ1v) is 18.8. The van der Waals surface area contributed by atoms with E-state index in [1.807, 2.05) is 9.97 Å². The van der Waals surface area contributed by atoms with Crippen LogP contribution in [0.1, 0.15) is 21.9 Å².